The van der Waals surface area contributed by atoms with E-state index in [9.17, 15) is 4.79 Å². The molecule has 0 saturated carbocycles. The van der Waals surface area contributed by atoms with Crippen molar-refractivity contribution in [1.29, 1.82) is 5.41 Å². The Balaban J connectivity index is 1.94. The summed E-state index contributed by atoms with van der Waals surface area (Å²) in [5.74, 6) is -0.906. The molecule has 0 unspecified atom stereocenters. The number of hydrogen-bond acceptors (Lipinski definition) is 3. The average Bonchev–Trinajstić information content (AvgIpc) is 2.52. The summed E-state index contributed by atoms with van der Waals surface area (Å²) in [5.41, 5.74) is 8.98. The molecular weight excluding hydrogens is 278 g/mol. The molecule has 0 fully saturated rings. The highest BCUT2D eigenvalue weighted by molar-refractivity contribution is 5.95. The van der Waals surface area contributed by atoms with Gasteiger partial charge in [-0.2, -0.15) is 0 Å². The molecule has 2 aromatic rings. The van der Waals surface area contributed by atoms with Crippen molar-refractivity contribution in [2.75, 3.05) is 5.32 Å². The molecule has 0 aliphatic heterocycles. The van der Waals surface area contributed by atoms with E-state index in [1.54, 1.807) is 18.2 Å². The molecule has 2 rings (SSSR count). The number of aliphatic carboxylic acids is 1. The van der Waals surface area contributed by atoms with E-state index in [1.807, 2.05) is 36.4 Å². The molecule has 0 aliphatic carbocycles. The minimum atomic E-state index is -0.959. The third-order valence-corrected chi connectivity index (χ3v) is 3.09. The molecular formula is C17H17N3O2. The molecule has 0 amide bonds. The maximum Gasteiger partial charge on any atom is 0.328 e. The van der Waals surface area contributed by atoms with Crippen LogP contribution in [0.2, 0.25) is 0 Å². The number of carboxylic acid groups (broad SMARTS) is 1. The summed E-state index contributed by atoms with van der Waals surface area (Å²) in [6, 6.07) is 15.0. The smallest absolute Gasteiger partial charge is 0.328 e. The molecule has 0 heterocycles. The number of nitrogens with two attached hydrogens (primary N) is 1. The zero-order valence-corrected chi connectivity index (χ0v) is 11.9. The van der Waals surface area contributed by atoms with Crippen molar-refractivity contribution in [2.24, 2.45) is 5.73 Å². The Bertz CT molecular complexity index is 689. The van der Waals surface area contributed by atoms with Crippen molar-refractivity contribution in [3.63, 3.8) is 0 Å². The predicted molar refractivity (Wildman–Crippen MR) is 87.9 cm³/mol. The van der Waals surface area contributed by atoms with Crippen molar-refractivity contribution < 1.29 is 9.90 Å². The van der Waals surface area contributed by atoms with Gasteiger partial charge in [-0.05, 0) is 41.5 Å². The van der Waals surface area contributed by atoms with Gasteiger partial charge in [0.2, 0.25) is 0 Å². The molecule has 0 atom stereocenters. The highest BCUT2D eigenvalue weighted by Crippen LogP contribution is 2.12. The van der Waals surface area contributed by atoms with E-state index in [2.05, 4.69) is 5.32 Å². The Kier molecular flexibility index (Phi) is 4.93. The zero-order valence-electron chi connectivity index (χ0n) is 11.9. The number of benzene rings is 2. The number of carboxylic acids is 1. The van der Waals surface area contributed by atoms with Crippen molar-refractivity contribution in [3.8, 4) is 0 Å². The Morgan fingerprint density at radius 2 is 1.77 bits per heavy atom. The monoisotopic (exact) mass is 295 g/mol. The van der Waals surface area contributed by atoms with Gasteiger partial charge in [0, 0.05) is 23.9 Å². The molecule has 0 spiro atoms. The third kappa shape index (κ3) is 4.49. The molecule has 0 aliphatic rings. The van der Waals surface area contributed by atoms with Crippen LogP contribution in [0, 0.1) is 5.41 Å². The molecule has 0 saturated heterocycles. The lowest BCUT2D eigenvalue weighted by Crippen LogP contribution is -2.10. The van der Waals surface area contributed by atoms with Crippen LogP contribution in [-0.4, -0.2) is 16.9 Å². The van der Waals surface area contributed by atoms with Gasteiger partial charge in [-0.15, -0.1) is 0 Å². The third-order valence-electron chi connectivity index (χ3n) is 3.09. The van der Waals surface area contributed by atoms with Gasteiger partial charge in [-0.3, -0.25) is 5.41 Å². The highest BCUT2D eigenvalue weighted by atomic mass is 16.4. The van der Waals surface area contributed by atoms with Crippen molar-refractivity contribution in [1.82, 2.24) is 0 Å². The van der Waals surface area contributed by atoms with Crippen LogP contribution >= 0.6 is 0 Å². The molecule has 0 bridgehead atoms. The van der Waals surface area contributed by atoms with Gasteiger partial charge in [0.15, 0.2) is 0 Å². The summed E-state index contributed by atoms with van der Waals surface area (Å²) >= 11 is 0. The van der Waals surface area contributed by atoms with Crippen LogP contribution in [0.15, 0.2) is 54.6 Å². The zero-order chi connectivity index (χ0) is 15.9. The number of amidine groups is 1. The summed E-state index contributed by atoms with van der Waals surface area (Å²) in [4.78, 5) is 10.4. The fourth-order valence-corrected chi connectivity index (χ4v) is 1.89. The molecule has 0 aromatic heterocycles. The number of rotatable bonds is 6. The minimum absolute atomic E-state index is 0.0524. The van der Waals surface area contributed by atoms with Gasteiger partial charge in [0.05, 0.1) is 0 Å². The Morgan fingerprint density at radius 1 is 1.14 bits per heavy atom. The van der Waals surface area contributed by atoms with E-state index < -0.39 is 5.97 Å². The van der Waals surface area contributed by atoms with Crippen LogP contribution in [0.5, 0.6) is 0 Å². The van der Waals surface area contributed by atoms with Gasteiger partial charge in [0.1, 0.15) is 5.84 Å². The van der Waals surface area contributed by atoms with Crippen molar-refractivity contribution >= 4 is 23.6 Å². The van der Waals surface area contributed by atoms with Crippen LogP contribution in [0.1, 0.15) is 16.7 Å². The summed E-state index contributed by atoms with van der Waals surface area (Å²) < 4.78 is 0. The van der Waals surface area contributed by atoms with Crippen LogP contribution < -0.4 is 11.1 Å². The molecule has 5 N–H and O–H groups in total. The van der Waals surface area contributed by atoms with Crippen LogP contribution in [-0.2, 0) is 11.3 Å². The minimum Gasteiger partial charge on any atom is -0.478 e. The standard InChI is InChI=1S/C17H17N3O2/c18-17(19)14-6-8-15(9-7-14)20-11-13-3-1-12(2-4-13)5-10-16(21)22/h1-10,20H,11H2,(H3,18,19)(H,21,22)/b10-5+. The SMILES string of the molecule is N=C(N)c1ccc(NCc2ccc(/C=C/C(=O)O)cc2)cc1. The van der Waals surface area contributed by atoms with Gasteiger partial charge in [-0.25, -0.2) is 4.79 Å². The number of anilines is 1. The largest absolute Gasteiger partial charge is 0.478 e. The van der Waals surface area contributed by atoms with Crippen LogP contribution in [0.4, 0.5) is 5.69 Å². The fourth-order valence-electron chi connectivity index (χ4n) is 1.89. The van der Waals surface area contributed by atoms with E-state index in [0.717, 1.165) is 22.9 Å². The second kappa shape index (κ2) is 7.08. The number of nitrogen functional groups attached to an aromatic ring is 1. The molecule has 22 heavy (non-hydrogen) atoms. The van der Waals surface area contributed by atoms with E-state index in [-0.39, 0.29) is 5.84 Å². The first kappa shape index (κ1) is 15.3. The second-order valence-electron chi connectivity index (χ2n) is 4.76. The summed E-state index contributed by atoms with van der Waals surface area (Å²) in [5, 5.41) is 19.2. The Hall–Kier alpha value is -3.08. The molecule has 5 nitrogen and oxygen atoms in total. The van der Waals surface area contributed by atoms with E-state index >= 15 is 0 Å². The Labute approximate surface area is 128 Å². The van der Waals surface area contributed by atoms with E-state index in [4.69, 9.17) is 16.2 Å². The van der Waals surface area contributed by atoms with Crippen molar-refractivity contribution in [2.45, 2.75) is 6.54 Å². The van der Waals surface area contributed by atoms with Crippen molar-refractivity contribution in [3.05, 3.63) is 71.3 Å². The normalized spacial score (nSPS) is 10.5. The van der Waals surface area contributed by atoms with Gasteiger partial charge in [0.25, 0.3) is 0 Å². The maximum atomic E-state index is 10.4. The van der Waals surface area contributed by atoms with E-state index in [0.29, 0.717) is 12.1 Å². The van der Waals surface area contributed by atoms with Gasteiger partial charge < -0.3 is 16.2 Å². The second-order valence-corrected chi connectivity index (χ2v) is 4.76. The number of hydrogen-bond donors (Lipinski definition) is 4. The maximum absolute atomic E-state index is 10.4. The molecule has 2 aromatic carbocycles. The molecule has 112 valence electrons. The average molecular weight is 295 g/mol. The summed E-state index contributed by atoms with van der Waals surface area (Å²) in [7, 11) is 0. The lowest BCUT2D eigenvalue weighted by Gasteiger charge is -2.07. The molecule has 0 radical (unpaired) electrons. The Morgan fingerprint density at radius 3 is 2.32 bits per heavy atom. The van der Waals surface area contributed by atoms with Gasteiger partial charge in [-0.1, -0.05) is 24.3 Å². The topological polar surface area (TPSA) is 99.2 Å². The first-order valence-electron chi connectivity index (χ1n) is 6.73. The fraction of sp³-hybridized carbons (Fsp3) is 0.0588. The summed E-state index contributed by atoms with van der Waals surface area (Å²) in [6.45, 7) is 0.655. The number of carbonyl (C=O) groups is 1. The first-order valence-corrected chi connectivity index (χ1v) is 6.73. The van der Waals surface area contributed by atoms with Crippen LogP contribution in [0.3, 0.4) is 0 Å². The lowest BCUT2D eigenvalue weighted by atomic mass is 10.1. The van der Waals surface area contributed by atoms with E-state index in [1.165, 1.54) is 0 Å². The predicted octanol–water partition coefficient (Wildman–Crippen LogP) is 2.68. The quantitative estimate of drug-likeness (QED) is 0.374. The van der Waals surface area contributed by atoms with Gasteiger partial charge >= 0.3 is 5.97 Å². The van der Waals surface area contributed by atoms with Crippen LogP contribution in [0.25, 0.3) is 6.08 Å². The molecule has 5 heteroatoms. The number of nitrogens with one attached hydrogen (secondary N) is 2. The summed E-state index contributed by atoms with van der Waals surface area (Å²) in [6.07, 6.45) is 2.67. The highest BCUT2D eigenvalue weighted by Gasteiger charge is 1.98. The lowest BCUT2D eigenvalue weighted by molar-refractivity contribution is -0.131. The first-order chi connectivity index (χ1) is 10.5.